The van der Waals surface area contributed by atoms with Crippen LogP contribution in [0.4, 0.5) is 0 Å². The van der Waals surface area contributed by atoms with Crippen molar-refractivity contribution >= 4 is 16.1 Å². The van der Waals surface area contributed by atoms with Crippen molar-refractivity contribution in [2.45, 2.75) is 25.2 Å². The molecule has 0 fully saturated rings. The van der Waals surface area contributed by atoms with Crippen LogP contribution in [0.1, 0.15) is 20.3 Å². The Morgan fingerprint density at radius 3 is 2.29 bits per heavy atom. The van der Waals surface area contributed by atoms with Crippen LogP contribution in [0.15, 0.2) is 29.2 Å². The SMILES string of the molecule is CCC(C)C(=O)Oc1ccc(S(=O)(=O)[O-])cc1. The van der Waals surface area contributed by atoms with Gasteiger partial charge in [-0.1, -0.05) is 13.8 Å². The zero-order valence-corrected chi connectivity index (χ0v) is 10.4. The predicted molar refractivity (Wildman–Crippen MR) is 59.5 cm³/mol. The van der Waals surface area contributed by atoms with Gasteiger partial charge in [-0.2, -0.15) is 0 Å². The van der Waals surface area contributed by atoms with E-state index in [1.165, 1.54) is 12.1 Å². The second kappa shape index (κ2) is 5.29. The maximum absolute atomic E-state index is 11.4. The predicted octanol–water partition coefficient (Wildman–Crippen LogP) is 1.54. The molecule has 6 heteroatoms. The van der Waals surface area contributed by atoms with Gasteiger partial charge in [0, 0.05) is 0 Å². The Labute approximate surface area is 100 Å². The van der Waals surface area contributed by atoms with E-state index in [1.54, 1.807) is 6.92 Å². The van der Waals surface area contributed by atoms with Gasteiger partial charge in [0.2, 0.25) is 0 Å². The Morgan fingerprint density at radius 2 is 1.88 bits per heavy atom. The van der Waals surface area contributed by atoms with Crippen LogP contribution in [0.3, 0.4) is 0 Å². The van der Waals surface area contributed by atoms with Gasteiger partial charge in [-0.3, -0.25) is 4.79 Å². The fraction of sp³-hybridized carbons (Fsp3) is 0.364. The fourth-order valence-corrected chi connectivity index (χ4v) is 1.53. The summed E-state index contributed by atoms with van der Waals surface area (Å²) in [6.45, 7) is 3.60. The molecule has 5 nitrogen and oxygen atoms in total. The van der Waals surface area contributed by atoms with Crippen molar-refractivity contribution in [2.75, 3.05) is 0 Å². The van der Waals surface area contributed by atoms with Crippen molar-refractivity contribution in [3.63, 3.8) is 0 Å². The molecule has 94 valence electrons. The van der Waals surface area contributed by atoms with Gasteiger partial charge in [0.1, 0.15) is 15.9 Å². The van der Waals surface area contributed by atoms with Gasteiger partial charge in [0.05, 0.1) is 10.8 Å². The number of hydrogen-bond acceptors (Lipinski definition) is 5. The minimum Gasteiger partial charge on any atom is -0.744 e. The smallest absolute Gasteiger partial charge is 0.314 e. The van der Waals surface area contributed by atoms with Crippen LogP contribution in [0, 0.1) is 5.92 Å². The van der Waals surface area contributed by atoms with Crippen LogP contribution >= 0.6 is 0 Å². The Balaban J connectivity index is 2.79. The monoisotopic (exact) mass is 257 g/mol. The number of esters is 1. The summed E-state index contributed by atoms with van der Waals surface area (Å²) in [7, 11) is -4.46. The van der Waals surface area contributed by atoms with E-state index in [-0.39, 0.29) is 22.5 Å². The van der Waals surface area contributed by atoms with Gasteiger partial charge in [-0.25, -0.2) is 8.42 Å². The molecule has 0 heterocycles. The molecule has 0 spiro atoms. The molecule has 17 heavy (non-hydrogen) atoms. The first-order valence-corrected chi connectivity index (χ1v) is 6.53. The van der Waals surface area contributed by atoms with Crippen molar-refractivity contribution in [1.82, 2.24) is 0 Å². The molecule has 0 aliphatic carbocycles. The molecule has 1 aromatic carbocycles. The average Bonchev–Trinajstić information content (AvgIpc) is 2.27. The molecule has 0 saturated heterocycles. The molecular weight excluding hydrogens is 244 g/mol. The lowest BCUT2D eigenvalue weighted by molar-refractivity contribution is -0.138. The second-order valence-electron chi connectivity index (χ2n) is 3.66. The first-order valence-electron chi connectivity index (χ1n) is 5.12. The first kappa shape index (κ1) is 13.7. The van der Waals surface area contributed by atoms with Crippen LogP contribution in [0.5, 0.6) is 5.75 Å². The van der Waals surface area contributed by atoms with E-state index >= 15 is 0 Å². The maximum Gasteiger partial charge on any atom is 0.314 e. The van der Waals surface area contributed by atoms with Crippen LogP contribution in [0.2, 0.25) is 0 Å². The van der Waals surface area contributed by atoms with Gasteiger partial charge in [-0.05, 0) is 30.7 Å². The van der Waals surface area contributed by atoms with E-state index in [4.69, 9.17) is 4.74 Å². The molecule has 0 aliphatic rings. The summed E-state index contributed by atoms with van der Waals surface area (Å²) in [6.07, 6.45) is 0.659. The third-order valence-electron chi connectivity index (χ3n) is 2.35. The number of ether oxygens (including phenoxy) is 1. The molecule has 0 aromatic heterocycles. The normalized spacial score (nSPS) is 13.1. The molecular formula is C11H13O5S-. The number of benzene rings is 1. The van der Waals surface area contributed by atoms with E-state index in [9.17, 15) is 17.8 Å². The summed E-state index contributed by atoms with van der Waals surface area (Å²) in [6, 6.07) is 4.79. The molecule has 0 aliphatic heterocycles. The molecule has 0 radical (unpaired) electrons. The fourth-order valence-electron chi connectivity index (χ4n) is 1.06. The van der Waals surface area contributed by atoms with E-state index in [0.717, 1.165) is 12.1 Å². The third-order valence-corrected chi connectivity index (χ3v) is 3.20. The van der Waals surface area contributed by atoms with Crippen LogP contribution in [-0.4, -0.2) is 18.9 Å². The molecule has 0 N–H and O–H groups in total. The van der Waals surface area contributed by atoms with Crippen LogP contribution in [0.25, 0.3) is 0 Å². The van der Waals surface area contributed by atoms with Crippen LogP contribution in [-0.2, 0) is 14.9 Å². The summed E-state index contributed by atoms with van der Waals surface area (Å²) in [5.74, 6) is -0.383. The Kier molecular flexibility index (Phi) is 4.25. The summed E-state index contributed by atoms with van der Waals surface area (Å²) in [5.41, 5.74) is 0. The van der Waals surface area contributed by atoms with Crippen molar-refractivity contribution in [3.05, 3.63) is 24.3 Å². The van der Waals surface area contributed by atoms with Crippen molar-refractivity contribution < 1.29 is 22.5 Å². The highest BCUT2D eigenvalue weighted by Gasteiger charge is 2.13. The van der Waals surface area contributed by atoms with E-state index in [0.29, 0.717) is 6.42 Å². The highest BCUT2D eigenvalue weighted by molar-refractivity contribution is 7.85. The van der Waals surface area contributed by atoms with Crippen LogP contribution < -0.4 is 4.74 Å². The van der Waals surface area contributed by atoms with Crippen molar-refractivity contribution in [2.24, 2.45) is 5.92 Å². The molecule has 0 amide bonds. The molecule has 0 bridgehead atoms. The molecule has 1 atom stereocenters. The highest BCUT2D eigenvalue weighted by Crippen LogP contribution is 2.17. The summed E-state index contributed by atoms with van der Waals surface area (Å²) in [4.78, 5) is 11.1. The van der Waals surface area contributed by atoms with E-state index in [2.05, 4.69) is 0 Å². The summed E-state index contributed by atoms with van der Waals surface area (Å²) < 4.78 is 37.0. The lowest BCUT2D eigenvalue weighted by Gasteiger charge is -2.10. The number of hydrogen-bond donors (Lipinski definition) is 0. The van der Waals surface area contributed by atoms with Gasteiger partial charge < -0.3 is 9.29 Å². The minimum atomic E-state index is -4.46. The number of carbonyl (C=O) groups excluding carboxylic acids is 1. The summed E-state index contributed by atoms with van der Waals surface area (Å²) in [5, 5.41) is 0. The van der Waals surface area contributed by atoms with Crippen molar-refractivity contribution in [1.29, 1.82) is 0 Å². The lowest BCUT2D eigenvalue weighted by Crippen LogP contribution is -2.16. The average molecular weight is 257 g/mol. The largest absolute Gasteiger partial charge is 0.744 e. The lowest BCUT2D eigenvalue weighted by atomic mass is 10.1. The first-order chi connectivity index (χ1) is 7.84. The van der Waals surface area contributed by atoms with Gasteiger partial charge in [0.15, 0.2) is 0 Å². The standard InChI is InChI=1S/C11H14O5S/c1-3-8(2)11(12)16-9-4-6-10(7-5-9)17(13,14)15/h4-8H,3H2,1-2H3,(H,13,14,15)/p-1. The topological polar surface area (TPSA) is 83.5 Å². The maximum atomic E-state index is 11.4. The third kappa shape index (κ3) is 3.83. The second-order valence-corrected chi connectivity index (χ2v) is 5.04. The number of rotatable bonds is 4. The Hall–Kier alpha value is -1.40. The molecule has 1 rings (SSSR count). The van der Waals surface area contributed by atoms with Gasteiger partial charge >= 0.3 is 5.97 Å². The van der Waals surface area contributed by atoms with Gasteiger partial charge in [0.25, 0.3) is 0 Å². The van der Waals surface area contributed by atoms with E-state index in [1.807, 2.05) is 6.92 Å². The Bertz CT molecular complexity index is 489. The molecule has 1 aromatic rings. The van der Waals surface area contributed by atoms with E-state index < -0.39 is 10.1 Å². The number of carbonyl (C=O) groups is 1. The van der Waals surface area contributed by atoms with Crippen molar-refractivity contribution in [3.8, 4) is 5.75 Å². The van der Waals surface area contributed by atoms with Gasteiger partial charge in [-0.15, -0.1) is 0 Å². The quantitative estimate of drug-likeness (QED) is 0.464. The minimum absolute atomic E-state index is 0.224. The molecule has 1 unspecified atom stereocenters. The highest BCUT2D eigenvalue weighted by atomic mass is 32.2. The summed E-state index contributed by atoms with van der Waals surface area (Å²) >= 11 is 0. The Morgan fingerprint density at radius 1 is 1.35 bits per heavy atom. The molecule has 0 saturated carbocycles. The zero-order valence-electron chi connectivity index (χ0n) is 9.54. The zero-order chi connectivity index (χ0) is 13.1.